The van der Waals surface area contributed by atoms with Crippen LogP contribution in [0, 0.1) is 13.8 Å². The van der Waals surface area contributed by atoms with Crippen LogP contribution in [0.4, 0.5) is 0 Å². The Morgan fingerprint density at radius 3 is 2.43 bits per heavy atom. The molecule has 0 amide bonds. The van der Waals surface area contributed by atoms with E-state index in [1.807, 2.05) is 44.2 Å². The number of phenols is 1. The lowest BCUT2D eigenvalue weighted by Gasteiger charge is -2.16. The minimum absolute atomic E-state index is 0.104. The largest absolute Gasteiger partial charge is 0.507 e. The molecule has 0 radical (unpaired) electrons. The minimum atomic E-state index is -0.104. The van der Waals surface area contributed by atoms with Gasteiger partial charge in [0.05, 0.1) is 10.9 Å². The van der Waals surface area contributed by atoms with Crippen LogP contribution in [0.1, 0.15) is 29.5 Å². The Kier molecular flexibility index (Phi) is 4.44. The van der Waals surface area contributed by atoms with Crippen molar-refractivity contribution in [1.29, 1.82) is 0 Å². The van der Waals surface area contributed by atoms with Gasteiger partial charge >= 0.3 is 0 Å². The van der Waals surface area contributed by atoms with Crippen LogP contribution in [0.5, 0.6) is 5.75 Å². The van der Waals surface area contributed by atoms with Crippen LogP contribution >= 0.6 is 0 Å². The molecule has 4 N–H and O–H groups in total. The molecule has 142 valence electrons. The first-order chi connectivity index (χ1) is 13.4. The van der Waals surface area contributed by atoms with Crippen molar-refractivity contribution in [3.63, 3.8) is 0 Å². The maximum atomic E-state index is 12.7. The molecule has 4 heteroatoms. The van der Waals surface area contributed by atoms with Gasteiger partial charge in [0.15, 0.2) is 0 Å². The van der Waals surface area contributed by atoms with E-state index in [1.165, 1.54) is 0 Å². The lowest BCUT2D eigenvalue weighted by Crippen LogP contribution is -2.09. The summed E-state index contributed by atoms with van der Waals surface area (Å²) in [6.07, 6.45) is 0. The molecule has 0 aliphatic rings. The molecule has 3 aromatic carbocycles. The van der Waals surface area contributed by atoms with Gasteiger partial charge in [0.1, 0.15) is 5.75 Å². The summed E-state index contributed by atoms with van der Waals surface area (Å²) in [5.41, 5.74) is 11.0. The van der Waals surface area contributed by atoms with Gasteiger partial charge in [-0.3, -0.25) is 4.79 Å². The fraction of sp³-hybridized carbons (Fsp3) is 0.208. The van der Waals surface area contributed by atoms with E-state index in [-0.39, 0.29) is 17.2 Å². The van der Waals surface area contributed by atoms with E-state index in [0.717, 1.165) is 44.1 Å². The number of benzene rings is 3. The van der Waals surface area contributed by atoms with Crippen LogP contribution in [0.15, 0.2) is 53.3 Å². The van der Waals surface area contributed by atoms with Crippen molar-refractivity contribution in [1.82, 2.24) is 4.98 Å². The van der Waals surface area contributed by atoms with E-state index in [1.54, 1.807) is 6.07 Å². The summed E-state index contributed by atoms with van der Waals surface area (Å²) < 4.78 is 0. The highest BCUT2D eigenvalue weighted by Gasteiger charge is 2.17. The molecule has 0 fully saturated rings. The summed E-state index contributed by atoms with van der Waals surface area (Å²) in [7, 11) is 0. The van der Waals surface area contributed by atoms with E-state index < -0.39 is 0 Å². The zero-order valence-corrected chi connectivity index (χ0v) is 16.3. The molecule has 4 rings (SSSR count). The molecule has 0 aliphatic carbocycles. The van der Waals surface area contributed by atoms with Crippen molar-refractivity contribution in [2.24, 2.45) is 5.73 Å². The molecular formula is C24H24N2O2. The van der Waals surface area contributed by atoms with Crippen LogP contribution in [-0.4, -0.2) is 16.6 Å². The fourth-order valence-electron chi connectivity index (χ4n) is 3.99. The number of hydrogen-bond acceptors (Lipinski definition) is 3. The molecular weight excluding hydrogens is 348 g/mol. The number of aromatic amines is 1. The van der Waals surface area contributed by atoms with Crippen molar-refractivity contribution in [3.8, 4) is 16.9 Å². The summed E-state index contributed by atoms with van der Waals surface area (Å²) in [5.74, 6) is 0.483. The number of aryl methyl sites for hydroxylation is 2. The molecule has 0 saturated carbocycles. The third-order valence-corrected chi connectivity index (χ3v) is 5.63. The van der Waals surface area contributed by atoms with Crippen molar-refractivity contribution < 1.29 is 5.11 Å². The third-order valence-electron chi connectivity index (χ3n) is 5.63. The number of H-pyrrole nitrogens is 1. The lowest BCUT2D eigenvalue weighted by molar-refractivity contribution is 0.477. The monoisotopic (exact) mass is 372 g/mol. The molecule has 4 nitrogen and oxygen atoms in total. The first-order valence-corrected chi connectivity index (χ1v) is 9.50. The summed E-state index contributed by atoms with van der Waals surface area (Å²) in [4.78, 5) is 15.8. The van der Waals surface area contributed by atoms with Crippen LogP contribution in [0.2, 0.25) is 0 Å². The average molecular weight is 372 g/mol. The van der Waals surface area contributed by atoms with Crippen molar-refractivity contribution in [2.45, 2.75) is 26.7 Å². The van der Waals surface area contributed by atoms with E-state index in [4.69, 9.17) is 5.73 Å². The van der Waals surface area contributed by atoms with E-state index in [2.05, 4.69) is 24.0 Å². The van der Waals surface area contributed by atoms with Gasteiger partial charge in [0, 0.05) is 10.9 Å². The van der Waals surface area contributed by atoms with Crippen molar-refractivity contribution in [3.05, 3.63) is 75.6 Å². The number of nitrogens with two attached hydrogens (primary N) is 1. The molecule has 0 spiro atoms. The van der Waals surface area contributed by atoms with Crippen molar-refractivity contribution in [2.75, 3.05) is 6.54 Å². The highest BCUT2D eigenvalue weighted by molar-refractivity contribution is 6.15. The number of fused-ring (bicyclic) bond motifs is 3. The summed E-state index contributed by atoms with van der Waals surface area (Å²) >= 11 is 0. The van der Waals surface area contributed by atoms with Crippen molar-refractivity contribution >= 4 is 21.7 Å². The van der Waals surface area contributed by atoms with Gasteiger partial charge in [-0.15, -0.1) is 0 Å². The van der Waals surface area contributed by atoms with E-state index in [0.29, 0.717) is 11.9 Å². The zero-order valence-electron chi connectivity index (χ0n) is 16.3. The first kappa shape index (κ1) is 18.3. The second kappa shape index (κ2) is 6.80. The van der Waals surface area contributed by atoms with Crippen LogP contribution < -0.4 is 11.3 Å². The normalized spacial score (nSPS) is 12.6. The van der Waals surface area contributed by atoms with E-state index in [9.17, 15) is 9.90 Å². The summed E-state index contributed by atoms with van der Waals surface area (Å²) in [6.45, 7) is 6.51. The van der Waals surface area contributed by atoms with Crippen LogP contribution in [0.3, 0.4) is 0 Å². The Morgan fingerprint density at radius 1 is 1.04 bits per heavy atom. The molecule has 1 heterocycles. The summed E-state index contributed by atoms with van der Waals surface area (Å²) in [5, 5.41) is 13.2. The maximum absolute atomic E-state index is 12.7. The predicted molar refractivity (Wildman–Crippen MR) is 116 cm³/mol. The first-order valence-electron chi connectivity index (χ1n) is 9.50. The molecule has 0 bridgehead atoms. The zero-order chi connectivity index (χ0) is 20.0. The molecule has 1 aromatic heterocycles. The van der Waals surface area contributed by atoms with E-state index >= 15 is 0 Å². The quantitative estimate of drug-likeness (QED) is 0.455. The highest BCUT2D eigenvalue weighted by Crippen LogP contribution is 2.40. The predicted octanol–water partition coefficient (Wildman–Crippen LogP) is 4.73. The molecule has 0 saturated heterocycles. The van der Waals surface area contributed by atoms with Gasteiger partial charge in [-0.05, 0) is 60.0 Å². The van der Waals surface area contributed by atoms with Gasteiger partial charge in [0.25, 0.3) is 5.56 Å². The van der Waals surface area contributed by atoms with Gasteiger partial charge in [-0.2, -0.15) is 0 Å². The summed E-state index contributed by atoms with van der Waals surface area (Å²) in [6, 6.07) is 15.7. The van der Waals surface area contributed by atoms with Gasteiger partial charge in [-0.25, -0.2) is 0 Å². The minimum Gasteiger partial charge on any atom is -0.507 e. The SMILES string of the molecule is Cc1cc(O)c(-c2ccc([C@@H](C)CN)cc2)c2c1[nH]c(=O)c1c(C)cccc12. The number of aromatic nitrogens is 1. The molecule has 0 unspecified atom stereocenters. The van der Waals surface area contributed by atoms with Gasteiger partial charge in [-0.1, -0.05) is 49.4 Å². The number of pyridine rings is 1. The van der Waals surface area contributed by atoms with Crippen LogP contribution in [-0.2, 0) is 0 Å². The smallest absolute Gasteiger partial charge is 0.256 e. The number of aromatic hydroxyl groups is 1. The third kappa shape index (κ3) is 2.77. The number of nitrogens with one attached hydrogen (secondary N) is 1. The molecule has 4 aromatic rings. The standard InChI is InChI=1S/C24H24N2O2/c1-13-5-4-6-18-20(13)24(28)26-23-14(2)11-19(27)21(22(18)23)17-9-7-16(8-10-17)15(3)12-25/h4-11,15,27H,12,25H2,1-3H3,(H,26,28)/t15-/m0/s1. The Hall–Kier alpha value is -3.11. The van der Waals surface area contributed by atoms with Gasteiger partial charge < -0.3 is 15.8 Å². The molecule has 28 heavy (non-hydrogen) atoms. The fourth-order valence-corrected chi connectivity index (χ4v) is 3.99. The second-order valence-corrected chi connectivity index (χ2v) is 7.55. The Balaban J connectivity index is 2.12. The Labute approximate surface area is 163 Å². The Morgan fingerprint density at radius 2 is 1.75 bits per heavy atom. The number of hydrogen-bond donors (Lipinski definition) is 3. The number of rotatable bonds is 3. The average Bonchev–Trinajstić information content (AvgIpc) is 2.68. The number of phenolic OH excluding ortho intramolecular Hbond substituents is 1. The molecule has 1 atom stereocenters. The Bertz CT molecular complexity index is 1250. The highest BCUT2D eigenvalue weighted by atomic mass is 16.3. The second-order valence-electron chi connectivity index (χ2n) is 7.55. The van der Waals surface area contributed by atoms with Gasteiger partial charge in [0.2, 0.25) is 0 Å². The van der Waals surface area contributed by atoms with Crippen LogP contribution in [0.25, 0.3) is 32.8 Å². The molecule has 0 aliphatic heterocycles. The maximum Gasteiger partial charge on any atom is 0.256 e. The topological polar surface area (TPSA) is 79.1 Å². The lowest BCUT2D eigenvalue weighted by atomic mass is 9.91.